The summed E-state index contributed by atoms with van der Waals surface area (Å²) in [5.74, 6) is 0. The number of rotatable bonds is 3. The normalized spacial score (nSPS) is 12.2. The van der Waals surface area contributed by atoms with Crippen molar-refractivity contribution in [3.8, 4) is 0 Å². The van der Waals surface area contributed by atoms with Crippen molar-refractivity contribution in [2.75, 3.05) is 6.54 Å². The summed E-state index contributed by atoms with van der Waals surface area (Å²) in [7, 11) is 0. The number of carbonyl (C=O) groups excluding carboxylic acids is 1. The molecule has 0 aliphatic rings. The largest absolute Gasteiger partial charge is 0.338 e. The van der Waals surface area contributed by atoms with Crippen LogP contribution >= 0.6 is 11.3 Å². The number of hydrogen-bond donors (Lipinski definition) is 2. The fourth-order valence-electron chi connectivity index (χ4n) is 1.02. The van der Waals surface area contributed by atoms with E-state index in [4.69, 9.17) is 0 Å². The summed E-state index contributed by atoms with van der Waals surface area (Å²) in [5, 5.41) is 7.54. The molecule has 1 heterocycles. The van der Waals surface area contributed by atoms with Crippen LogP contribution in [0.15, 0.2) is 17.5 Å². The molecule has 1 aromatic heterocycles. The van der Waals surface area contributed by atoms with Crippen molar-refractivity contribution in [1.82, 2.24) is 10.6 Å². The average molecular weight is 198 g/mol. The minimum Gasteiger partial charge on any atom is -0.338 e. The zero-order chi connectivity index (χ0) is 9.68. The predicted octanol–water partition coefficient (Wildman–Crippen LogP) is 2.13. The summed E-state index contributed by atoms with van der Waals surface area (Å²) in [5.41, 5.74) is 0. The van der Waals surface area contributed by atoms with Crippen molar-refractivity contribution in [3.63, 3.8) is 0 Å². The second-order valence-electron chi connectivity index (χ2n) is 2.74. The lowest BCUT2D eigenvalue weighted by atomic mass is 10.3. The SMILES string of the molecule is CCNC(=O)N[C@H](C)c1cccs1. The van der Waals surface area contributed by atoms with Crippen LogP contribution in [0.25, 0.3) is 0 Å². The molecular formula is C9H14N2OS. The molecule has 72 valence electrons. The number of thiophene rings is 1. The van der Waals surface area contributed by atoms with Gasteiger partial charge in [0.05, 0.1) is 6.04 Å². The maximum Gasteiger partial charge on any atom is 0.315 e. The van der Waals surface area contributed by atoms with Crippen LogP contribution in [-0.2, 0) is 0 Å². The summed E-state index contributed by atoms with van der Waals surface area (Å²) in [4.78, 5) is 12.3. The second kappa shape index (κ2) is 4.87. The Hall–Kier alpha value is -1.03. The summed E-state index contributed by atoms with van der Waals surface area (Å²) in [6.07, 6.45) is 0. The smallest absolute Gasteiger partial charge is 0.315 e. The van der Waals surface area contributed by atoms with E-state index in [9.17, 15) is 4.79 Å². The number of urea groups is 1. The highest BCUT2D eigenvalue weighted by atomic mass is 32.1. The van der Waals surface area contributed by atoms with Gasteiger partial charge >= 0.3 is 6.03 Å². The van der Waals surface area contributed by atoms with E-state index in [1.807, 2.05) is 31.4 Å². The molecule has 2 amide bonds. The van der Waals surface area contributed by atoms with E-state index in [2.05, 4.69) is 10.6 Å². The highest BCUT2D eigenvalue weighted by molar-refractivity contribution is 7.10. The molecule has 0 bridgehead atoms. The van der Waals surface area contributed by atoms with Crippen LogP contribution in [0.2, 0.25) is 0 Å². The molecule has 0 aliphatic carbocycles. The van der Waals surface area contributed by atoms with Crippen LogP contribution in [0.3, 0.4) is 0 Å². The first-order chi connectivity index (χ1) is 6.24. The minimum atomic E-state index is -0.108. The molecule has 0 fully saturated rings. The third kappa shape index (κ3) is 3.06. The zero-order valence-electron chi connectivity index (χ0n) is 7.83. The molecular weight excluding hydrogens is 184 g/mol. The van der Waals surface area contributed by atoms with Gasteiger partial charge in [0.25, 0.3) is 0 Å². The van der Waals surface area contributed by atoms with Crippen LogP contribution in [0, 0.1) is 0 Å². The van der Waals surface area contributed by atoms with E-state index in [0.717, 1.165) is 0 Å². The lowest BCUT2D eigenvalue weighted by Crippen LogP contribution is -2.36. The first kappa shape index (κ1) is 10.1. The Morgan fingerprint density at radius 2 is 2.46 bits per heavy atom. The second-order valence-corrected chi connectivity index (χ2v) is 3.72. The molecule has 2 N–H and O–H groups in total. The maximum absolute atomic E-state index is 11.1. The Labute approximate surface area is 82.2 Å². The topological polar surface area (TPSA) is 41.1 Å². The van der Waals surface area contributed by atoms with Crippen molar-refractivity contribution >= 4 is 17.4 Å². The molecule has 0 saturated heterocycles. The molecule has 1 rings (SSSR count). The van der Waals surface area contributed by atoms with Crippen molar-refractivity contribution < 1.29 is 4.79 Å². The van der Waals surface area contributed by atoms with E-state index in [1.54, 1.807) is 11.3 Å². The molecule has 1 atom stereocenters. The quantitative estimate of drug-likeness (QED) is 0.767. The molecule has 4 heteroatoms. The maximum atomic E-state index is 11.1. The molecule has 0 saturated carbocycles. The van der Waals surface area contributed by atoms with E-state index in [1.165, 1.54) is 4.88 Å². The third-order valence-electron chi connectivity index (χ3n) is 1.65. The van der Waals surface area contributed by atoms with Crippen molar-refractivity contribution in [3.05, 3.63) is 22.4 Å². The Kier molecular flexibility index (Phi) is 3.76. The lowest BCUT2D eigenvalue weighted by Gasteiger charge is -2.11. The summed E-state index contributed by atoms with van der Waals surface area (Å²) in [6, 6.07) is 3.98. The molecule has 0 spiro atoms. The van der Waals surface area contributed by atoms with Crippen LogP contribution < -0.4 is 10.6 Å². The van der Waals surface area contributed by atoms with Gasteiger partial charge in [0, 0.05) is 11.4 Å². The first-order valence-electron chi connectivity index (χ1n) is 4.31. The van der Waals surface area contributed by atoms with Crippen LogP contribution in [0.4, 0.5) is 4.79 Å². The fourth-order valence-corrected chi connectivity index (χ4v) is 1.75. The summed E-state index contributed by atoms with van der Waals surface area (Å²) in [6.45, 7) is 4.53. The van der Waals surface area contributed by atoms with Gasteiger partial charge in [-0.25, -0.2) is 4.79 Å². The van der Waals surface area contributed by atoms with E-state index >= 15 is 0 Å². The number of carbonyl (C=O) groups is 1. The summed E-state index contributed by atoms with van der Waals surface area (Å²) >= 11 is 1.65. The highest BCUT2D eigenvalue weighted by Crippen LogP contribution is 2.17. The molecule has 0 aliphatic heterocycles. The molecule has 3 nitrogen and oxygen atoms in total. The van der Waals surface area contributed by atoms with Gasteiger partial charge < -0.3 is 10.6 Å². The van der Waals surface area contributed by atoms with Gasteiger partial charge in [-0.3, -0.25) is 0 Å². The molecule has 1 aromatic rings. The van der Waals surface area contributed by atoms with Crippen molar-refractivity contribution in [2.45, 2.75) is 19.9 Å². The van der Waals surface area contributed by atoms with Gasteiger partial charge in [-0.1, -0.05) is 6.07 Å². The van der Waals surface area contributed by atoms with Gasteiger partial charge in [0.2, 0.25) is 0 Å². The molecule has 13 heavy (non-hydrogen) atoms. The van der Waals surface area contributed by atoms with Gasteiger partial charge in [0.15, 0.2) is 0 Å². The predicted molar refractivity (Wildman–Crippen MR) is 54.9 cm³/mol. The van der Waals surface area contributed by atoms with Crippen LogP contribution in [0.1, 0.15) is 24.8 Å². The third-order valence-corrected chi connectivity index (χ3v) is 2.71. The number of nitrogens with one attached hydrogen (secondary N) is 2. The van der Waals surface area contributed by atoms with Gasteiger partial charge in [-0.05, 0) is 25.3 Å². The monoisotopic (exact) mass is 198 g/mol. The van der Waals surface area contributed by atoms with Gasteiger partial charge in [-0.2, -0.15) is 0 Å². The molecule has 0 radical (unpaired) electrons. The van der Waals surface area contributed by atoms with Crippen LogP contribution in [0.5, 0.6) is 0 Å². The van der Waals surface area contributed by atoms with E-state index < -0.39 is 0 Å². The number of amides is 2. The first-order valence-corrected chi connectivity index (χ1v) is 5.19. The summed E-state index contributed by atoms with van der Waals surface area (Å²) < 4.78 is 0. The lowest BCUT2D eigenvalue weighted by molar-refractivity contribution is 0.238. The molecule has 0 aromatic carbocycles. The standard InChI is InChI=1S/C9H14N2OS/c1-3-10-9(12)11-7(2)8-5-4-6-13-8/h4-7H,3H2,1-2H3,(H2,10,11,12)/t7-/m1/s1. The minimum absolute atomic E-state index is 0.0894. The highest BCUT2D eigenvalue weighted by Gasteiger charge is 2.08. The molecule has 0 unspecified atom stereocenters. The average Bonchev–Trinajstić information content (AvgIpc) is 2.55. The Morgan fingerprint density at radius 1 is 1.69 bits per heavy atom. The zero-order valence-corrected chi connectivity index (χ0v) is 8.65. The van der Waals surface area contributed by atoms with E-state index in [-0.39, 0.29) is 12.1 Å². The van der Waals surface area contributed by atoms with Gasteiger partial charge in [-0.15, -0.1) is 11.3 Å². The Morgan fingerprint density at radius 3 is 3.00 bits per heavy atom. The van der Waals surface area contributed by atoms with Crippen molar-refractivity contribution in [1.29, 1.82) is 0 Å². The fraction of sp³-hybridized carbons (Fsp3) is 0.444. The Bertz CT molecular complexity index is 259. The van der Waals surface area contributed by atoms with Crippen LogP contribution in [-0.4, -0.2) is 12.6 Å². The van der Waals surface area contributed by atoms with E-state index in [0.29, 0.717) is 6.54 Å². The van der Waals surface area contributed by atoms with Crippen molar-refractivity contribution in [2.24, 2.45) is 0 Å². The van der Waals surface area contributed by atoms with Gasteiger partial charge in [0.1, 0.15) is 0 Å². The number of hydrogen-bond acceptors (Lipinski definition) is 2. The Balaban J connectivity index is 2.42.